The predicted octanol–water partition coefficient (Wildman–Crippen LogP) is 4.64. The molecule has 0 aromatic carbocycles. The lowest BCUT2D eigenvalue weighted by Gasteiger charge is -2.53. The first kappa shape index (κ1) is 19.5. The summed E-state index contributed by atoms with van der Waals surface area (Å²) in [6.07, 6.45) is 11.0. The Morgan fingerprint density at radius 3 is 2.62 bits per heavy atom. The number of hydrogen-bond donors (Lipinski definition) is 1. The summed E-state index contributed by atoms with van der Waals surface area (Å²) < 4.78 is 0. The molecule has 0 aromatic heterocycles. The number of hydrogen-bond acceptors (Lipinski definition) is 3. The van der Waals surface area contributed by atoms with Crippen molar-refractivity contribution in [3.63, 3.8) is 0 Å². The van der Waals surface area contributed by atoms with E-state index in [1.54, 1.807) is 5.57 Å². The van der Waals surface area contributed by atoms with Crippen LogP contribution < -0.4 is 0 Å². The monoisotopic (exact) mass is 358 g/mol. The highest BCUT2D eigenvalue weighted by Gasteiger charge is 2.57. The summed E-state index contributed by atoms with van der Waals surface area (Å²) in [4.78, 5) is 24.1. The van der Waals surface area contributed by atoms with Crippen LogP contribution in [-0.4, -0.2) is 23.3 Å². The first-order valence-electron chi connectivity index (χ1n) is 10.5. The molecule has 5 unspecified atom stereocenters. The molecule has 0 spiro atoms. The number of aliphatic hydroxyl groups excluding tert-OH is 1. The smallest absolute Gasteiger partial charge is 0.161 e. The van der Waals surface area contributed by atoms with E-state index < -0.39 is 0 Å². The van der Waals surface area contributed by atoms with E-state index in [1.807, 2.05) is 19.9 Å². The summed E-state index contributed by atoms with van der Waals surface area (Å²) in [6, 6.07) is 0. The molecule has 0 saturated heterocycles. The average molecular weight is 359 g/mol. The number of allylic oxidation sites excluding steroid dienone is 4. The van der Waals surface area contributed by atoms with Crippen LogP contribution in [-0.2, 0) is 9.59 Å². The molecule has 3 nitrogen and oxygen atoms in total. The van der Waals surface area contributed by atoms with Crippen LogP contribution in [0.5, 0.6) is 0 Å². The van der Waals surface area contributed by atoms with Gasteiger partial charge in [0.05, 0.1) is 0 Å². The van der Waals surface area contributed by atoms with Crippen molar-refractivity contribution in [1.82, 2.24) is 0 Å². The lowest BCUT2D eigenvalue weighted by Crippen LogP contribution is -2.45. The molecule has 4 aliphatic rings. The van der Waals surface area contributed by atoms with Gasteiger partial charge >= 0.3 is 0 Å². The lowest BCUT2D eigenvalue weighted by atomic mass is 9.51. The van der Waals surface area contributed by atoms with Gasteiger partial charge in [-0.05, 0) is 61.9 Å². The Morgan fingerprint density at radius 1 is 1.19 bits per heavy atom. The van der Waals surface area contributed by atoms with Gasteiger partial charge in [0.25, 0.3) is 0 Å². The van der Waals surface area contributed by atoms with E-state index in [1.165, 1.54) is 5.57 Å². The maximum Gasteiger partial charge on any atom is 0.161 e. The van der Waals surface area contributed by atoms with E-state index in [-0.39, 0.29) is 34.9 Å². The zero-order valence-electron chi connectivity index (χ0n) is 16.8. The zero-order chi connectivity index (χ0) is 19.1. The molecule has 0 aliphatic heterocycles. The standard InChI is InChI=1S/C21H28O3.C2H6/c1-20-9-7-14(23)11-13(20)3-4-15-16-5-6-18(19(24)12-22)21(16,2)10-8-17(15)20;1-2/h8,11,15-16,18,22H,3-7,9-10,12H2,1-2H3;1-2H3. The molecule has 0 aromatic rings. The van der Waals surface area contributed by atoms with Crippen LogP contribution in [0.2, 0.25) is 0 Å². The molecule has 3 heteroatoms. The molecule has 2 fully saturated rings. The Morgan fingerprint density at radius 2 is 1.92 bits per heavy atom. The van der Waals surface area contributed by atoms with Gasteiger partial charge in [0.1, 0.15) is 6.61 Å². The van der Waals surface area contributed by atoms with Crippen molar-refractivity contribution in [1.29, 1.82) is 0 Å². The Bertz CT molecular complexity index is 658. The number of fused-ring (bicyclic) bond motifs is 5. The summed E-state index contributed by atoms with van der Waals surface area (Å²) in [6.45, 7) is 8.28. The van der Waals surface area contributed by atoms with Crippen LogP contribution in [0, 0.1) is 28.6 Å². The lowest BCUT2D eigenvalue weighted by molar-refractivity contribution is -0.129. The molecule has 0 bridgehead atoms. The number of carbonyl (C=O) groups excluding carboxylic acids is 2. The van der Waals surface area contributed by atoms with E-state index in [0.29, 0.717) is 18.3 Å². The third-order valence-electron chi connectivity index (χ3n) is 7.88. The van der Waals surface area contributed by atoms with Crippen LogP contribution >= 0.6 is 0 Å². The molecule has 0 heterocycles. The first-order chi connectivity index (χ1) is 12.4. The summed E-state index contributed by atoms with van der Waals surface area (Å²) in [5.41, 5.74) is 2.96. The Hall–Kier alpha value is -1.22. The molecular weight excluding hydrogens is 324 g/mol. The molecule has 26 heavy (non-hydrogen) atoms. The summed E-state index contributed by atoms with van der Waals surface area (Å²) >= 11 is 0. The van der Waals surface area contributed by atoms with Gasteiger partial charge in [-0.15, -0.1) is 0 Å². The maximum atomic E-state index is 12.2. The largest absolute Gasteiger partial charge is 0.389 e. The quantitative estimate of drug-likeness (QED) is 0.732. The summed E-state index contributed by atoms with van der Waals surface area (Å²) in [5, 5.41) is 9.35. The highest BCUT2D eigenvalue weighted by molar-refractivity contribution is 5.92. The van der Waals surface area contributed by atoms with Crippen LogP contribution in [0.15, 0.2) is 23.3 Å². The van der Waals surface area contributed by atoms with Crippen molar-refractivity contribution >= 4 is 11.6 Å². The van der Waals surface area contributed by atoms with Crippen molar-refractivity contribution in [3.8, 4) is 0 Å². The van der Waals surface area contributed by atoms with Gasteiger partial charge in [-0.3, -0.25) is 9.59 Å². The average Bonchev–Trinajstić information content (AvgIpc) is 3.00. The minimum atomic E-state index is -0.319. The van der Waals surface area contributed by atoms with Crippen molar-refractivity contribution < 1.29 is 14.7 Å². The second-order valence-corrected chi connectivity index (χ2v) is 8.84. The maximum absolute atomic E-state index is 12.2. The number of Topliss-reactive ketones (excluding diaryl/α,β-unsaturated/α-hetero) is 1. The third-order valence-corrected chi connectivity index (χ3v) is 7.88. The van der Waals surface area contributed by atoms with Crippen molar-refractivity contribution in [3.05, 3.63) is 23.3 Å². The fraction of sp³-hybridized carbons (Fsp3) is 0.739. The Kier molecular flexibility index (Phi) is 5.31. The molecule has 144 valence electrons. The summed E-state index contributed by atoms with van der Waals surface area (Å²) in [5.74, 6) is 1.44. The van der Waals surface area contributed by atoms with E-state index in [9.17, 15) is 14.7 Å². The van der Waals surface area contributed by atoms with Gasteiger partial charge < -0.3 is 5.11 Å². The van der Waals surface area contributed by atoms with Gasteiger partial charge in [-0.1, -0.05) is 44.9 Å². The van der Waals surface area contributed by atoms with Crippen molar-refractivity contribution in [2.24, 2.45) is 28.6 Å². The fourth-order valence-electron chi connectivity index (χ4n) is 6.49. The highest BCUT2D eigenvalue weighted by Crippen LogP contribution is 2.64. The molecule has 4 aliphatic carbocycles. The SMILES string of the molecule is CC.CC12CCC(=O)C=C1CCC1C2=CCC2(C)C(C(=O)CO)CCC12. The van der Waals surface area contributed by atoms with Gasteiger partial charge in [-0.25, -0.2) is 0 Å². The van der Waals surface area contributed by atoms with E-state index in [0.717, 1.165) is 38.5 Å². The normalized spacial score (nSPS) is 41.0. The summed E-state index contributed by atoms with van der Waals surface area (Å²) in [7, 11) is 0. The Balaban J connectivity index is 0.000000948. The fourth-order valence-corrected chi connectivity index (χ4v) is 6.49. The van der Waals surface area contributed by atoms with Crippen molar-refractivity contribution in [2.45, 2.75) is 72.6 Å². The number of carbonyl (C=O) groups is 2. The molecule has 2 saturated carbocycles. The van der Waals surface area contributed by atoms with Crippen molar-refractivity contribution in [2.75, 3.05) is 6.61 Å². The van der Waals surface area contributed by atoms with Gasteiger partial charge in [0.15, 0.2) is 11.6 Å². The van der Waals surface area contributed by atoms with Crippen LogP contribution in [0.3, 0.4) is 0 Å². The molecule has 1 N–H and O–H groups in total. The van der Waals surface area contributed by atoms with E-state index >= 15 is 0 Å². The first-order valence-corrected chi connectivity index (χ1v) is 10.5. The van der Waals surface area contributed by atoms with Crippen LogP contribution in [0.25, 0.3) is 0 Å². The van der Waals surface area contributed by atoms with Crippen LogP contribution in [0.1, 0.15) is 72.6 Å². The second kappa shape index (κ2) is 7.07. The Labute approximate surface area is 157 Å². The third kappa shape index (κ3) is 2.74. The predicted molar refractivity (Wildman–Crippen MR) is 104 cm³/mol. The van der Waals surface area contributed by atoms with Gasteiger partial charge in [0.2, 0.25) is 0 Å². The minimum absolute atomic E-state index is 0.00996. The number of ketones is 2. The number of aliphatic hydroxyl groups is 1. The molecule has 5 atom stereocenters. The highest BCUT2D eigenvalue weighted by atomic mass is 16.3. The molecule has 0 amide bonds. The number of rotatable bonds is 2. The minimum Gasteiger partial charge on any atom is -0.389 e. The molecular formula is C23H34O3. The second-order valence-electron chi connectivity index (χ2n) is 8.84. The van der Waals surface area contributed by atoms with Gasteiger partial charge in [-0.2, -0.15) is 0 Å². The van der Waals surface area contributed by atoms with E-state index in [4.69, 9.17) is 0 Å². The van der Waals surface area contributed by atoms with E-state index in [2.05, 4.69) is 19.9 Å². The van der Waals surface area contributed by atoms with Gasteiger partial charge in [0, 0.05) is 17.8 Å². The molecule has 4 rings (SSSR count). The molecule has 0 radical (unpaired) electrons. The zero-order valence-corrected chi connectivity index (χ0v) is 16.8. The van der Waals surface area contributed by atoms with Crippen LogP contribution in [0.4, 0.5) is 0 Å². The topological polar surface area (TPSA) is 54.4 Å².